The molecule has 1 heterocycles. The van der Waals surface area contributed by atoms with Gasteiger partial charge in [-0.15, -0.1) is 0 Å². The molecule has 0 unspecified atom stereocenters. The SMILES string of the molecule is Cc1c([C@@H](NC(=O)Nc2cccc([S@](C)(=N)=O)c2)C(C)C)oc2ccc(F)cc12. The second-order valence-corrected chi connectivity index (χ2v) is 9.58. The van der Waals surface area contributed by atoms with Crippen LogP contribution in [0.1, 0.15) is 31.2 Å². The van der Waals surface area contributed by atoms with Gasteiger partial charge < -0.3 is 15.1 Å². The quantitative estimate of drug-likeness (QED) is 0.516. The molecule has 1 aromatic heterocycles. The number of hydrogen-bond donors (Lipinski definition) is 3. The number of carbonyl (C=O) groups excluding carboxylic acids is 1. The molecule has 0 saturated heterocycles. The number of anilines is 1. The van der Waals surface area contributed by atoms with Crippen LogP contribution in [0.3, 0.4) is 0 Å². The van der Waals surface area contributed by atoms with Gasteiger partial charge in [0.25, 0.3) is 0 Å². The predicted octanol–water partition coefficient (Wildman–Crippen LogP) is 5.43. The highest BCUT2D eigenvalue weighted by atomic mass is 32.2. The Morgan fingerprint density at radius 2 is 1.93 bits per heavy atom. The van der Waals surface area contributed by atoms with Gasteiger partial charge in [0.1, 0.15) is 17.2 Å². The van der Waals surface area contributed by atoms with Crippen molar-refractivity contribution in [3.05, 3.63) is 59.6 Å². The number of halogens is 1. The van der Waals surface area contributed by atoms with Crippen LogP contribution in [0, 0.1) is 23.4 Å². The van der Waals surface area contributed by atoms with Gasteiger partial charge >= 0.3 is 6.03 Å². The van der Waals surface area contributed by atoms with E-state index >= 15 is 0 Å². The van der Waals surface area contributed by atoms with Gasteiger partial charge in [0, 0.05) is 27.8 Å². The number of nitrogens with one attached hydrogen (secondary N) is 3. The number of aryl methyl sites for hydroxylation is 1. The summed E-state index contributed by atoms with van der Waals surface area (Å²) in [7, 11) is -2.88. The van der Waals surface area contributed by atoms with Crippen LogP contribution < -0.4 is 10.6 Å². The maximum Gasteiger partial charge on any atom is 0.319 e. The van der Waals surface area contributed by atoms with Gasteiger partial charge in [-0.1, -0.05) is 19.9 Å². The third-order valence-electron chi connectivity index (χ3n) is 4.71. The molecule has 6 nitrogen and oxygen atoms in total. The second kappa shape index (κ2) is 7.87. The van der Waals surface area contributed by atoms with Crippen molar-refractivity contribution in [2.45, 2.75) is 31.7 Å². The number of amides is 2. The third kappa shape index (κ3) is 4.59. The zero-order valence-corrected chi connectivity index (χ0v) is 17.5. The molecule has 3 N–H and O–H groups in total. The first-order valence-electron chi connectivity index (χ1n) is 9.16. The van der Waals surface area contributed by atoms with Crippen molar-refractivity contribution in [2.75, 3.05) is 11.6 Å². The molecule has 0 aliphatic heterocycles. The van der Waals surface area contributed by atoms with Crippen LogP contribution >= 0.6 is 0 Å². The zero-order chi connectivity index (χ0) is 21.3. The lowest BCUT2D eigenvalue weighted by Gasteiger charge is -2.21. The monoisotopic (exact) mass is 417 g/mol. The summed E-state index contributed by atoms with van der Waals surface area (Å²) in [5.74, 6) is 0.243. The predicted molar refractivity (Wildman–Crippen MR) is 112 cm³/mol. The van der Waals surface area contributed by atoms with Gasteiger partial charge in [-0.25, -0.2) is 18.2 Å². The molecule has 8 heteroatoms. The van der Waals surface area contributed by atoms with E-state index in [-0.39, 0.29) is 11.7 Å². The number of hydrogen-bond acceptors (Lipinski definition) is 4. The third-order valence-corrected chi connectivity index (χ3v) is 5.87. The summed E-state index contributed by atoms with van der Waals surface area (Å²) in [5, 5.41) is 6.29. The average Bonchev–Trinajstić information content (AvgIpc) is 2.95. The molecule has 154 valence electrons. The van der Waals surface area contributed by atoms with Crippen LogP contribution in [0.5, 0.6) is 0 Å². The Kier molecular flexibility index (Phi) is 5.66. The van der Waals surface area contributed by atoms with Crippen molar-refractivity contribution in [3.63, 3.8) is 0 Å². The van der Waals surface area contributed by atoms with Gasteiger partial charge in [-0.3, -0.25) is 0 Å². The molecule has 2 aromatic carbocycles. The Labute approximate surface area is 169 Å². The summed E-state index contributed by atoms with van der Waals surface area (Å²) < 4.78 is 39.1. The minimum Gasteiger partial charge on any atom is -0.459 e. The molecular formula is C21H24FN3O3S. The van der Waals surface area contributed by atoms with Crippen molar-refractivity contribution in [1.29, 1.82) is 4.78 Å². The van der Waals surface area contributed by atoms with E-state index in [0.29, 0.717) is 27.3 Å². The molecule has 0 spiro atoms. The minimum absolute atomic E-state index is 0.0128. The van der Waals surface area contributed by atoms with Crippen molar-refractivity contribution < 1.29 is 17.8 Å². The highest BCUT2D eigenvalue weighted by molar-refractivity contribution is 7.91. The number of fused-ring (bicyclic) bond motifs is 1. The van der Waals surface area contributed by atoms with E-state index < -0.39 is 21.8 Å². The molecule has 0 aliphatic rings. The summed E-state index contributed by atoms with van der Waals surface area (Å²) >= 11 is 0. The first-order valence-corrected chi connectivity index (χ1v) is 11.1. The highest BCUT2D eigenvalue weighted by Gasteiger charge is 2.25. The lowest BCUT2D eigenvalue weighted by molar-refractivity contribution is 0.241. The highest BCUT2D eigenvalue weighted by Crippen LogP contribution is 2.33. The molecule has 2 amide bonds. The number of carbonyl (C=O) groups is 1. The average molecular weight is 418 g/mol. The molecule has 29 heavy (non-hydrogen) atoms. The standard InChI is InChI=1S/C21H24FN3O3S/c1-12(2)19(20-13(3)17-10-14(22)8-9-18(17)28-20)25-21(26)24-15-6-5-7-16(11-15)29(4,23)27/h5-12,19,23H,1-4H3,(H2,24,25,26)/t19-,29+/m0/s1. The largest absolute Gasteiger partial charge is 0.459 e. The van der Waals surface area contributed by atoms with E-state index in [1.54, 1.807) is 24.3 Å². The Morgan fingerprint density at radius 3 is 2.59 bits per heavy atom. The fourth-order valence-corrected chi connectivity index (χ4v) is 3.86. The summed E-state index contributed by atoms with van der Waals surface area (Å²) in [4.78, 5) is 12.9. The maximum atomic E-state index is 13.6. The minimum atomic E-state index is -2.88. The molecule has 0 fully saturated rings. The van der Waals surface area contributed by atoms with Gasteiger partial charge in [-0.2, -0.15) is 0 Å². The maximum absolute atomic E-state index is 13.6. The Bertz CT molecular complexity index is 1170. The summed E-state index contributed by atoms with van der Waals surface area (Å²) in [6, 6.07) is 9.86. The van der Waals surface area contributed by atoms with Crippen LogP contribution in [0.15, 0.2) is 51.8 Å². The van der Waals surface area contributed by atoms with Crippen LogP contribution in [0.2, 0.25) is 0 Å². The van der Waals surface area contributed by atoms with Crippen molar-refractivity contribution in [3.8, 4) is 0 Å². The first-order chi connectivity index (χ1) is 13.6. The van der Waals surface area contributed by atoms with E-state index in [2.05, 4.69) is 10.6 Å². The van der Waals surface area contributed by atoms with E-state index in [9.17, 15) is 13.4 Å². The molecular weight excluding hydrogens is 393 g/mol. The van der Waals surface area contributed by atoms with Crippen LogP contribution in [0.4, 0.5) is 14.9 Å². The van der Waals surface area contributed by atoms with Gasteiger partial charge in [0.05, 0.1) is 15.8 Å². The van der Waals surface area contributed by atoms with Gasteiger partial charge in [0.15, 0.2) is 0 Å². The topological polar surface area (TPSA) is 95.2 Å². The smallest absolute Gasteiger partial charge is 0.319 e. The fourth-order valence-electron chi connectivity index (χ4n) is 3.17. The molecule has 0 saturated carbocycles. The Hall–Kier alpha value is -2.87. The number of benzene rings is 2. The Balaban J connectivity index is 1.85. The summed E-state index contributed by atoms with van der Waals surface area (Å²) in [6.45, 7) is 5.74. The second-order valence-electron chi connectivity index (χ2n) is 7.42. The summed E-state index contributed by atoms with van der Waals surface area (Å²) in [6.07, 6.45) is 1.33. The van der Waals surface area contributed by atoms with E-state index in [1.807, 2.05) is 20.8 Å². The van der Waals surface area contributed by atoms with E-state index in [1.165, 1.54) is 24.5 Å². The van der Waals surface area contributed by atoms with Gasteiger partial charge in [-0.05, 0) is 49.2 Å². The van der Waals surface area contributed by atoms with Gasteiger partial charge in [0.2, 0.25) is 0 Å². The van der Waals surface area contributed by atoms with E-state index in [0.717, 1.165) is 5.56 Å². The first kappa shape index (κ1) is 20.9. The number of urea groups is 1. The molecule has 0 aliphatic carbocycles. The van der Waals surface area contributed by atoms with Crippen LogP contribution in [-0.2, 0) is 9.73 Å². The van der Waals surface area contributed by atoms with Crippen molar-refractivity contribution in [2.24, 2.45) is 5.92 Å². The van der Waals surface area contributed by atoms with Crippen LogP contribution in [-0.4, -0.2) is 16.5 Å². The lowest BCUT2D eigenvalue weighted by atomic mass is 9.98. The molecule has 2 atom stereocenters. The van der Waals surface area contributed by atoms with Crippen molar-refractivity contribution >= 4 is 32.4 Å². The Morgan fingerprint density at radius 1 is 1.21 bits per heavy atom. The fraction of sp³-hybridized carbons (Fsp3) is 0.286. The molecule has 3 aromatic rings. The molecule has 0 bridgehead atoms. The number of rotatable bonds is 5. The zero-order valence-electron chi connectivity index (χ0n) is 16.7. The normalized spacial score (nSPS) is 14.6. The van der Waals surface area contributed by atoms with Crippen molar-refractivity contribution in [1.82, 2.24) is 5.32 Å². The molecule has 0 radical (unpaired) electrons. The van der Waals surface area contributed by atoms with E-state index in [4.69, 9.17) is 9.20 Å². The lowest BCUT2D eigenvalue weighted by Crippen LogP contribution is -2.35. The van der Waals surface area contributed by atoms with Crippen LogP contribution in [0.25, 0.3) is 11.0 Å². The molecule has 3 rings (SSSR count). The summed E-state index contributed by atoms with van der Waals surface area (Å²) in [5.41, 5.74) is 1.78. The number of furan rings is 1.